The number of alkyl halides is 3. The molecule has 3 rings (SSSR count). The number of carboxylic acids is 1. The predicted molar refractivity (Wildman–Crippen MR) is 170 cm³/mol. The molecule has 2 heterocycles. The minimum absolute atomic E-state index is 0.0809. The van der Waals surface area contributed by atoms with Gasteiger partial charge >= 0.3 is 12.1 Å². The van der Waals surface area contributed by atoms with Gasteiger partial charge in [0.1, 0.15) is 0 Å². The van der Waals surface area contributed by atoms with Crippen molar-refractivity contribution in [1.82, 2.24) is 0 Å². The van der Waals surface area contributed by atoms with E-state index in [4.69, 9.17) is 27.9 Å². The maximum Gasteiger partial charge on any atom is 0.417 e. The summed E-state index contributed by atoms with van der Waals surface area (Å²) in [5.41, 5.74) is -1.59. The normalized spacial score (nSPS) is 26.5. The number of carboxylic acid groups (broad SMARTS) is 1. The van der Waals surface area contributed by atoms with Crippen LogP contribution in [0.4, 0.5) is 13.2 Å². The topological polar surface area (TPSA) is 93.0 Å². The van der Waals surface area contributed by atoms with Crippen LogP contribution in [0.25, 0.3) is 0 Å². The van der Waals surface area contributed by atoms with Gasteiger partial charge in [-0.25, -0.2) is 0 Å². The Kier molecular flexibility index (Phi) is 13.0. The molecule has 2 fully saturated rings. The van der Waals surface area contributed by atoms with Crippen molar-refractivity contribution in [3.63, 3.8) is 0 Å². The summed E-state index contributed by atoms with van der Waals surface area (Å²) in [5.74, 6) is -2.97. The van der Waals surface area contributed by atoms with Crippen molar-refractivity contribution in [3.05, 3.63) is 56.2 Å². The number of aliphatic carboxylic acids is 1. The Labute approximate surface area is 273 Å². The van der Waals surface area contributed by atoms with Gasteiger partial charge in [0, 0.05) is 36.3 Å². The van der Waals surface area contributed by atoms with Gasteiger partial charge < -0.3 is 9.84 Å². The van der Waals surface area contributed by atoms with Crippen molar-refractivity contribution in [3.8, 4) is 0 Å². The van der Waals surface area contributed by atoms with Crippen LogP contribution >= 0.6 is 23.2 Å². The fourth-order valence-corrected chi connectivity index (χ4v) is 6.89. The molecule has 0 bridgehead atoms. The SMILES string of the molecule is CC=C(Cl)C(C(=O)CC(CC(=O)C1=C(C(F)(F)F)C(=CC2CCC(C)(C(=O)O)CC2)CN=C1)CC1CCCO1)=C(Cl)C=C(C)C. The first-order valence-corrected chi connectivity index (χ1v) is 16.1. The molecule has 3 aliphatic rings. The molecule has 1 N–H and O–H groups in total. The fourth-order valence-electron chi connectivity index (χ4n) is 6.20. The molecule has 248 valence electrons. The lowest BCUT2D eigenvalue weighted by Gasteiger charge is -2.33. The number of ketones is 2. The molecule has 0 aromatic carbocycles. The van der Waals surface area contributed by atoms with Gasteiger partial charge in [-0.2, -0.15) is 13.2 Å². The molecule has 0 radical (unpaired) electrons. The van der Waals surface area contributed by atoms with E-state index in [0.717, 1.165) is 24.6 Å². The molecule has 0 spiro atoms. The summed E-state index contributed by atoms with van der Waals surface area (Å²) in [6.45, 7) is 7.25. The number of hydrogen-bond donors (Lipinski definition) is 1. The van der Waals surface area contributed by atoms with Gasteiger partial charge in [-0.05, 0) is 96.1 Å². The number of carbonyl (C=O) groups excluding carboxylic acids is 2. The third-order valence-corrected chi connectivity index (χ3v) is 9.44. The van der Waals surface area contributed by atoms with Gasteiger partial charge in [-0.15, -0.1) is 0 Å². The first-order chi connectivity index (χ1) is 21.1. The van der Waals surface area contributed by atoms with E-state index in [1.165, 1.54) is 12.2 Å². The molecule has 6 nitrogen and oxygen atoms in total. The Morgan fingerprint density at radius 2 is 1.82 bits per heavy atom. The molecule has 0 aromatic rings. The van der Waals surface area contributed by atoms with Crippen molar-refractivity contribution >= 4 is 47.0 Å². The number of dihydropyridines is 1. The summed E-state index contributed by atoms with van der Waals surface area (Å²) in [5, 5.41) is 9.81. The van der Waals surface area contributed by atoms with Crippen LogP contribution < -0.4 is 0 Å². The predicted octanol–water partition coefficient (Wildman–Crippen LogP) is 8.84. The van der Waals surface area contributed by atoms with Crippen LogP contribution in [0.2, 0.25) is 0 Å². The van der Waals surface area contributed by atoms with E-state index in [1.54, 1.807) is 19.9 Å². The van der Waals surface area contributed by atoms with Crippen LogP contribution in [-0.4, -0.2) is 54.3 Å². The number of nitrogens with zero attached hydrogens (tertiary/aromatic N) is 1. The van der Waals surface area contributed by atoms with Gasteiger partial charge in [-0.3, -0.25) is 19.4 Å². The second kappa shape index (κ2) is 15.9. The van der Waals surface area contributed by atoms with Crippen molar-refractivity contribution < 1.29 is 37.4 Å². The van der Waals surface area contributed by atoms with E-state index in [-0.39, 0.29) is 52.6 Å². The van der Waals surface area contributed by atoms with Gasteiger partial charge in [0.15, 0.2) is 11.6 Å². The molecule has 2 unspecified atom stereocenters. The first kappa shape index (κ1) is 37.0. The minimum Gasteiger partial charge on any atom is -0.481 e. The summed E-state index contributed by atoms with van der Waals surface area (Å²) in [7, 11) is 0. The van der Waals surface area contributed by atoms with Crippen molar-refractivity contribution in [2.45, 2.75) is 97.8 Å². The Bertz CT molecular complexity index is 1340. The maximum atomic E-state index is 14.6. The Morgan fingerprint density at radius 1 is 1.16 bits per heavy atom. The van der Waals surface area contributed by atoms with E-state index in [0.29, 0.717) is 38.7 Å². The van der Waals surface area contributed by atoms with Crippen LogP contribution in [0.3, 0.4) is 0 Å². The molecule has 45 heavy (non-hydrogen) atoms. The van der Waals surface area contributed by atoms with Crippen molar-refractivity contribution in [2.24, 2.45) is 22.2 Å². The zero-order valence-electron chi connectivity index (χ0n) is 26.2. The number of carbonyl (C=O) groups is 3. The van der Waals surface area contributed by atoms with Crippen LogP contribution in [0, 0.1) is 17.3 Å². The Hall–Kier alpha value is -2.49. The lowest BCUT2D eigenvalue weighted by Crippen LogP contribution is -2.32. The third-order valence-electron chi connectivity index (χ3n) is 8.74. The number of ether oxygens (including phenoxy) is 1. The molecular weight excluding hydrogens is 630 g/mol. The number of halogens is 5. The molecule has 1 saturated heterocycles. The van der Waals surface area contributed by atoms with E-state index in [2.05, 4.69) is 4.99 Å². The molecular formula is C34H42Cl2F3NO5. The van der Waals surface area contributed by atoms with Gasteiger partial charge in [0.2, 0.25) is 0 Å². The van der Waals surface area contributed by atoms with Crippen LogP contribution in [-0.2, 0) is 19.1 Å². The molecule has 2 atom stereocenters. The number of aliphatic imine (C=N–C) groups is 1. The highest BCUT2D eigenvalue weighted by Crippen LogP contribution is 2.42. The average molecular weight is 673 g/mol. The van der Waals surface area contributed by atoms with Gasteiger partial charge in [-0.1, -0.05) is 40.9 Å². The largest absolute Gasteiger partial charge is 0.481 e. The lowest BCUT2D eigenvalue weighted by molar-refractivity contribution is -0.150. The number of Topliss-reactive ketones (excluding diaryl/α,β-unsaturated/α-hetero) is 2. The minimum atomic E-state index is -4.82. The standard InChI is InChI=1S/C34H42Cl2F3NO5/c1-5-26(35)30(27(36)13-20(2)3)29(42)17-22(15-24-7-6-12-45-24)16-28(41)25-19-40-18-23(31(25)34(37,38)39)14-21-8-10-33(4,11-9-21)32(43)44/h5,13-14,19,21-22,24H,6-12,15-18H2,1-4H3,(H,43,44). The number of rotatable bonds is 12. The Morgan fingerprint density at radius 3 is 2.36 bits per heavy atom. The highest BCUT2D eigenvalue weighted by atomic mass is 35.5. The summed E-state index contributed by atoms with van der Waals surface area (Å²) in [6.07, 6.45) is 3.56. The zero-order valence-corrected chi connectivity index (χ0v) is 27.7. The van der Waals surface area contributed by atoms with Gasteiger partial charge in [0.25, 0.3) is 0 Å². The van der Waals surface area contributed by atoms with E-state index in [1.807, 2.05) is 13.8 Å². The highest BCUT2D eigenvalue weighted by molar-refractivity contribution is 6.40. The lowest BCUT2D eigenvalue weighted by atomic mass is 9.71. The van der Waals surface area contributed by atoms with Crippen LogP contribution in [0.1, 0.15) is 85.5 Å². The summed E-state index contributed by atoms with van der Waals surface area (Å²) in [6, 6.07) is 0. The average Bonchev–Trinajstić information content (AvgIpc) is 3.46. The van der Waals surface area contributed by atoms with E-state index in [9.17, 15) is 32.7 Å². The molecule has 0 amide bonds. The highest BCUT2D eigenvalue weighted by Gasteiger charge is 2.42. The zero-order chi connectivity index (χ0) is 33.5. The molecule has 1 saturated carbocycles. The van der Waals surface area contributed by atoms with Crippen LogP contribution in [0.15, 0.2) is 61.2 Å². The van der Waals surface area contributed by atoms with Crippen molar-refractivity contribution in [2.75, 3.05) is 13.2 Å². The molecule has 2 aliphatic heterocycles. The second-order valence-electron chi connectivity index (χ2n) is 12.7. The third kappa shape index (κ3) is 10.00. The second-order valence-corrected chi connectivity index (χ2v) is 13.5. The van der Waals surface area contributed by atoms with E-state index >= 15 is 0 Å². The van der Waals surface area contributed by atoms with Crippen LogP contribution in [0.5, 0.6) is 0 Å². The monoisotopic (exact) mass is 671 g/mol. The molecule has 11 heteroatoms. The number of allylic oxidation sites excluding steroid dienone is 8. The van der Waals surface area contributed by atoms with Gasteiger partial charge in [0.05, 0.1) is 34.2 Å². The summed E-state index contributed by atoms with van der Waals surface area (Å²) < 4.78 is 49.5. The molecule has 0 aromatic heterocycles. The van der Waals surface area contributed by atoms with Crippen molar-refractivity contribution in [1.29, 1.82) is 0 Å². The Balaban J connectivity index is 1.93. The first-order valence-electron chi connectivity index (χ1n) is 15.4. The quantitative estimate of drug-likeness (QED) is 0.165. The number of hydrogen-bond acceptors (Lipinski definition) is 5. The fraction of sp³-hybridized carbons (Fsp3) is 0.588. The molecule has 1 aliphatic carbocycles. The smallest absolute Gasteiger partial charge is 0.417 e. The summed E-state index contributed by atoms with van der Waals surface area (Å²) >= 11 is 12.8. The maximum absolute atomic E-state index is 14.6. The summed E-state index contributed by atoms with van der Waals surface area (Å²) in [4.78, 5) is 43.0. The van der Waals surface area contributed by atoms with E-state index < -0.39 is 46.2 Å².